The van der Waals surface area contributed by atoms with Gasteiger partial charge >= 0.3 is 0 Å². The SMILES string of the molecule is COc1c(C2CCCCC2)ccc(S(=O)(=O)O)c1C1CCCCC1. The van der Waals surface area contributed by atoms with Crippen LogP contribution in [0.5, 0.6) is 5.75 Å². The van der Waals surface area contributed by atoms with E-state index >= 15 is 0 Å². The second-order valence-corrected chi connectivity index (χ2v) is 8.63. The Morgan fingerprint density at radius 3 is 1.96 bits per heavy atom. The molecule has 1 N–H and O–H groups in total. The third-order valence-corrected chi connectivity index (χ3v) is 6.64. The van der Waals surface area contributed by atoms with Crippen LogP contribution in [0.25, 0.3) is 0 Å². The standard InChI is InChI=1S/C19H28O4S/c1-23-19-16(14-8-4-2-5-9-14)12-13-17(24(20,21)22)18(19)15-10-6-3-7-11-15/h12-15H,2-11H2,1H3,(H,20,21,22). The highest BCUT2D eigenvalue weighted by atomic mass is 32.2. The summed E-state index contributed by atoms with van der Waals surface area (Å²) in [6.07, 6.45) is 11.3. The van der Waals surface area contributed by atoms with Crippen LogP contribution in [0.3, 0.4) is 0 Å². The van der Waals surface area contributed by atoms with Crippen molar-refractivity contribution in [3.05, 3.63) is 23.3 Å². The van der Waals surface area contributed by atoms with E-state index in [0.29, 0.717) is 11.7 Å². The van der Waals surface area contributed by atoms with Crippen molar-refractivity contribution in [3.63, 3.8) is 0 Å². The lowest BCUT2D eigenvalue weighted by molar-refractivity contribution is 0.364. The minimum atomic E-state index is -4.24. The molecule has 0 saturated heterocycles. The molecule has 0 heterocycles. The van der Waals surface area contributed by atoms with E-state index in [1.807, 2.05) is 6.07 Å². The monoisotopic (exact) mass is 352 g/mol. The van der Waals surface area contributed by atoms with Gasteiger partial charge in [-0.3, -0.25) is 4.55 Å². The molecule has 0 aliphatic heterocycles. The molecule has 0 radical (unpaired) electrons. The number of ether oxygens (including phenoxy) is 1. The number of hydrogen-bond acceptors (Lipinski definition) is 3. The van der Waals surface area contributed by atoms with Gasteiger partial charge in [0.25, 0.3) is 10.1 Å². The zero-order chi connectivity index (χ0) is 17.2. The highest BCUT2D eigenvalue weighted by Gasteiger charge is 2.31. The Hall–Kier alpha value is -1.07. The maximum Gasteiger partial charge on any atom is 0.294 e. The first-order valence-corrected chi connectivity index (χ1v) is 10.6. The Morgan fingerprint density at radius 2 is 1.46 bits per heavy atom. The number of benzene rings is 1. The molecule has 0 unspecified atom stereocenters. The second kappa shape index (κ2) is 7.44. The summed E-state index contributed by atoms with van der Waals surface area (Å²) < 4.78 is 39.4. The Labute approximate surface area is 145 Å². The molecule has 5 heteroatoms. The van der Waals surface area contributed by atoms with E-state index in [2.05, 4.69) is 0 Å². The highest BCUT2D eigenvalue weighted by molar-refractivity contribution is 7.85. The quantitative estimate of drug-likeness (QED) is 0.771. The van der Waals surface area contributed by atoms with Gasteiger partial charge in [0.15, 0.2) is 0 Å². The molecule has 0 aromatic heterocycles. The van der Waals surface area contributed by atoms with Crippen molar-refractivity contribution in [1.29, 1.82) is 0 Å². The first-order chi connectivity index (χ1) is 11.5. The first kappa shape index (κ1) is 17.7. The Morgan fingerprint density at radius 1 is 0.917 bits per heavy atom. The Balaban J connectivity index is 2.12. The molecule has 2 saturated carbocycles. The molecule has 2 aliphatic rings. The molecule has 0 bridgehead atoms. The number of rotatable bonds is 4. The van der Waals surface area contributed by atoms with E-state index in [9.17, 15) is 13.0 Å². The molecule has 0 amide bonds. The molecule has 4 nitrogen and oxygen atoms in total. The third kappa shape index (κ3) is 3.62. The van der Waals surface area contributed by atoms with E-state index in [1.165, 1.54) is 25.7 Å². The molecule has 3 rings (SSSR count). The highest BCUT2D eigenvalue weighted by Crippen LogP contribution is 2.46. The molecular formula is C19H28O4S. The van der Waals surface area contributed by atoms with Gasteiger partial charge in [0.1, 0.15) is 10.6 Å². The minimum absolute atomic E-state index is 0.0470. The smallest absolute Gasteiger partial charge is 0.294 e. The van der Waals surface area contributed by atoms with E-state index in [4.69, 9.17) is 4.74 Å². The summed E-state index contributed by atoms with van der Waals surface area (Å²) >= 11 is 0. The van der Waals surface area contributed by atoms with Crippen LogP contribution < -0.4 is 4.74 Å². The molecule has 1 aromatic carbocycles. The van der Waals surface area contributed by atoms with E-state index < -0.39 is 10.1 Å². The Bertz CT molecular complexity index is 669. The second-order valence-electron chi connectivity index (χ2n) is 7.24. The van der Waals surface area contributed by atoms with Gasteiger partial charge in [0.2, 0.25) is 0 Å². The van der Waals surface area contributed by atoms with Gasteiger partial charge in [-0.2, -0.15) is 8.42 Å². The average Bonchev–Trinajstić information content (AvgIpc) is 2.61. The van der Waals surface area contributed by atoms with Crippen molar-refractivity contribution in [2.24, 2.45) is 0 Å². The van der Waals surface area contributed by atoms with Crippen LogP contribution in [0.2, 0.25) is 0 Å². The largest absolute Gasteiger partial charge is 0.496 e. The van der Waals surface area contributed by atoms with Gasteiger partial charge in [-0.05, 0) is 49.1 Å². The van der Waals surface area contributed by atoms with Gasteiger partial charge in [0.05, 0.1) is 7.11 Å². The zero-order valence-electron chi connectivity index (χ0n) is 14.5. The molecule has 0 atom stereocenters. The van der Waals surface area contributed by atoms with Gasteiger partial charge in [-0.1, -0.05) is 44.6 Å². The third-order valence-electron chi connectivity index (χ3n) is 5.73. The summed E-state index contributed by atoms with van der Waals surface area (Å²) in [5.41, 5.74) is 1.85. The van der Waals surface area contributed by atoms with Gasteiger partial charge in [-0.15, -0.1) is 0 Å². The van der Waals surface area contributed by atoms with Gasteiger partial charge in [-0.25, -0.2) is 0 Å². The van der Waals surface area contributed by atoms with Crippen LogP contribution in [0, 0.1) is 0 Å². The molecule has 1 aromatic rings. The van der Waals surface area contributed by atoms with Crippen LogP contribution >= 0.6 is 0 Å². The summed E-state index contributed by atoms with van der Waals surface area (Å²) in [4.78, 5) is 0.0470. The normalized spacial score (nSPS) is 20.9. The summed E-state index contributed by atoms with van der Waals surface area (Å²) in [7, 11) is -2.62. The lowest BCUT2D eigenvalue weighted by atomic mass is 9.79. The topological polar surface area (TPSA) is 63.6 Å². The van der Waals surface area contributed by atoms with Gasteiger partial charge in [0, 0.05) is 5.56 Å². The van der Waals surface area contributed by atoms with Crippen molar-refractivity contribution in [3.8, 4) is 5.75 Å². The molecule has 2 fully saturated rings. The maximum atomic E-state index is 12.0. The summed E-state index contributed by atoms with van der Waals surface area (Å²) in [5.74, 6) is 1.31. The molecule has 134 valence electrons. The molecular weight excluding hydrogens is 324 g/mol. The van der Waals surface area contributed by atoms with Crippen LogP contribution in [0.1, 0.15) is 87.2 Å². The van der Waals surface area contributed by atoms with Crippen LogP contribution in [-0.4, -0.2) is 20.1 Å². The molecule has 24 heavy (non-hydrogen) atoms. The molecule has 0 spiro atoms. The fraction of sp³-hybridized carbons (Fsp3) is 0.684. The maximum absolute atomic E-state index is 12.0. The van der Waals surface area contributed by atoms with E-state index in [-0.39, 0.29) is 10.8 Å². The minimum Gasteiger partial charge on any atom is -0.496 e. The average molecular weight is 352 g/mol. The number of hydrogen-bond donors (Lipinski definition) is 1. The van der Waals surface area contributed by atoms with Gasteiger partial charge < -0.3 is 4.74 Å². The lowest BCUT2D eigenvalue weighted by Gasteiger charge is -2.30. The van der Waals surface area contributed by atoms with E-state index in [1.54, 1.807) is 13.2 Å². The van der Waals surface area contributed by atoms with Crippen molar-refractivity contribution in [2.45, 2.75) is 80.9 Å². The van der Waals surface area contributed by atoms with Crippen molar-refractivity contribution < 1.29 is 17.7 Å². The first-order valence-electron chi connectivity index (χ1n) is 9.20. The van der Waals surface area contributed by atoms with Crippen LogP contribution in [0.15, 0.2) is 17.0 Å². The van der Waals surface area contributed by atoms with Crippen molar-refractivity contribution in [1.82, 2.24) is 0 Å². The van der Waals surface area contributed by atoms with Crippen LogP contribution in [0.4, 0.5) is 0 Å². The number of methoxy groups -OCH3 is 1. The van der Waals surface area contributed by atoms with Crippen molar-refractivity contribution >= 4 is 10.1 Å². The molecule has 2 aliphatic carbocycles. The van der Waals surface area contributed by atoms with E-state index in [0.717, 1.165) is 49.7 Å². The zero-order valence-corrected chi connectivity index (χ0v) is 15.3. The van der Waals surface area contributed by atoms with Crippen molar-refractivity contribution in [2.75, 3.05) is 7.11 Å². The summed E-state index contributed by atoms with van der Waals surface area (Å²) in [6, 6.07) is 3.47. The summed E-state index contributed by atoms with van der Waals surface area (Å²) in [5, 5.41) is 0. The lowest BCUT2D eigenvalue weighted by Crippen LogP contribution is -2.15. The fourth-order valence-corrected chi connectivity index (χ4v) is 5.34. The predicted molar refractivity (Wildman–Crippen MR) is 94.5 cm³/mol. The predicted octanol–water partition coefficient (Wildman–Crippen LogP) is 5.04. The summed E-state index contributed by atoms with van der Waals surface area (Å²) in [6.45, 7) is 0. The Kier molecular flexibility index (Phi) is 5.50. The van der Waals surface area contributed by atoms with Crippen LogP contribution in [-0.2, 0) is 10.1 Å². The fourth-order valence-electron chi connectivity index (χ4n) is 4.56.